The van der Waals surface area contributed by atoms with E-state index in [1.54, 1.807) is 0 Å². The van der Waals surface area contributed by atoms with Crippen molar-refractivity contribution in [2.45, 2.75) is 46.1 Å². The zero-order valence-corrected chi connectivity index (χ0v) is 8.35. The molecule has 2 saturated heterocycles. The van der Waals surface area contributed by atoms with Crippen LogP contribution in [-0.4, -0.2) is 23.5 Å². The summed E-state index contributed by atoms with van der Waals surface area (Å²) >= 11 is 0. The third kappa shape index (κ3) is 1.31. The fourth-order valence-corrected chi connectivity index (χ4v) is 2.61. The lowest BCUT2D eigenvalue weighted by atomic mass is 9.75. The first kappa shape index (κ1) is 9.05. The lowest BCUT2D eigenvalue weighted by Gasteiger charge is -2.38. The van der Waals surface area contributed by atoms with Gasteiger partial charge in [-0.15, -0.1) is 0 Å². The summed E-state index contributed by atoms with van der Waals surface area (Å²) in [6.45, 7) is 11.3. The van der Waals surface area contributed by atoms with Crippen molar-refractivity contribution in [2.75, 3.05) is 13.1 Å². The molecule has 0 aromatic rings. The van der Waals surface area contributed by atoms with Crippen molar-refractivity contribution in [3.63, 3.8) is 0 Å². The van der Waals surface area contributed by atoms with E-state index in [2.05, 4.69) is 18.7 Å². The van der Waals surface area contributed by atoms with Crippen LogP contribution in [0.3, 0.4) is 0 Å². The standard InChI is InChI=1S/C8H15N.C2H6/c1-3-9-6-7-4-8(9,2)5-7;1-2/h7H,3-6H2,1-2H3;1-2H3. The van der Waals surface area contributed by atoms with Crippen LogP contribution in [0.25, 0.3) is 0 Å². The zero-order chi connectivity index (χ0) is 8.48. The maximum absolute atomic E-state index is 2.62. The van der Waals surface area contributed by atoms with E-state index in [1.165, 1.54) is 25.9 Å². The maximum atomic E-state index is 2.62. The van der Waals surface area contributed by atoms with E-state index in [-0.39, 0.29) is 0 Å². The maximum Gasteiger partial charge on any atom is 0.0187 e. The van der Waals surface area contributed by atoms with Gasteiger partial charge < -0.3 is 0 Å². The Balaban J connectivity index is 0.000000281. The Hall–Kier alpha value is -0.0400. The minimum Gasteiger partial charge on any atom is -0.298 e. The van der Waals surface area contributed by atoms with E-state index in [0.29, 0.717) is 5.54 Å². The molecule has 1 nitrogen and oxygen atoms in total. The van der Waals surface area contributed by atoms with Gasteiger partial charge in [0.2, 0.25) is 0 Å². The van der Waals surface area contributed by atoms with Crippen LogP contribution >= 0.6 is 0 Å². The molecule has 1 heteroatoms. The monoisotopic (exact) mass is 155 g/mol. The summed E-state index contributed by atoms with van der Waals surface area (Å²) in [6, 6.07) is 0. The Morgan fingerprint density at radius 3 is 2.09 bits per heavy atom. The molecular weight excluding hydrogens is 134 g/mol. The summed E-state index contributed by atoms with van der Waals surface area (Å²) in [7, 11) is 0. The van der Waals surface area contributed by atoms with Crippen molar-refractivity contribution in [2.24, 2.45) is 5.92 Å². The Morgan fingerprint density at radius 2 is 1.91 bits per heavy atom. The summed E-state index contributed by atoms with van der Waals surface area (Å²) in [5.74, 6) is 1.06. The van der Waals surface area contributed by atoms with Crippen molar-refractivity contribution >= 4 is 0 Å². The average molecular weight is 155 g/mol. The second-order valence-corrected chi connectivity index (χ2v) is 3.81. The van der Waals surface area contributed by atoms with Gasteiger partial charge in [0.1, 0.15) is 0 Å². The molecule has 3 aliphatic rings. The lowest BCUT2D eigenvalue weighted by Crippen LogP contribution is -2.42. The van der Waals surface area contributed by atoms with Crippen LogP contribution in [0.2, 0.25) is 0 Å². The molecule has 0 radical (unpaired) electrons. The van der Waals surface area contributed by atoms with Crippen LogP contribution in [0.5, 0.6) is 0 Å². The zero-order valence-electron chi connectivity index (χ0n) is 8.35. The first-order valence-corrected chi connectivity index (χ1v) is 5.00. The largest absolute Gasteiger partial charge is 0.298 e. The SMILES string of the molecule is CC.CCN1CC2CC1(C)C2. The van der Waals surface area contributed by atoms with Crippen LogP contribution in [0.1, 0.15) is 40.5 Å². The van der Waals surface area contributed by atoms with Crippen LogP contribution in [0.4, 0.5) is 0 Å². The predicted octanol–water partition coefficient (Wildman–Crippen LogP) is 2.52. The summed E-state index contributed by atoms with van der Waals surface area (Å²) < 4.78 is 0. The molecule has 2 heterocycles. The van der Waals surface area contributed by atoms with Crippen molar-refractivity contribution < 1.29 is 0 Å². The van der Waals surface area contributed by atoms with Gasteiger partial charge in [-0.05, 0) is 32.2 Å². The van der Waals surface area contributed by atoms with Crippen LogP contribution in [-0.2, 0) is 0 Å². The minimum atomic E-state index is 0.638. The average Bonchev–Trinajstić information content (AvgIpc) is 2.44. The Labute approximate surface area is 70.8 Å². The lowest BCUT2D eigenvalue weighted by molar-refractivity contribution is 0.135. The minimum absolute atomic E-state index is 0.638. The number of hydrogen-bond donors (Lipinski definition) is 0. The van der Waals surface area contributed by atoms with E-state index in [1.807, 2.05) is 13.8 Å². The second kappa shape index (κ2) is 3.14. The van der Waals surface area contributed by atoms with Gasteiger partial charge in [-0.3, -0.25) is 4.90 Å². The third-order valence-corrected chi connectivity index (χ3v) is 3.08. The van der Waals surface area contributed by atoms with Crippen LogP contribution in [0.15, 0.2) is 0 Å². The molecule has 0 aromatic heterocycles. The molecule has 11 heavy (non-hydrogen) atoms. The summed E-state index contributed by atoms with van der Waals surface area (Å²) in [5, 5.41) is 0. The fourth-order valence-electron chi connectivity index (χ4n) is 2.61. The molecule has 1 aliphatic carbocycles. The smallest absolute Gasteiger partial charge is 0.0187 e. The highest BCUT2D eigenvalue weighted by Gasteiger charge is 2.51. The van der Waals surface area contributed by atoms with Crippen molar-refractivity contribution in [3.8, 4) is 0 Å². The summed E-state index contributed by atoms with van der Waals surface area (Å²) in [5.41, 5.74) is 0.638. The van der Waals surface area contributed by atoms with E-state index >= 15 is 0 Å². The Morgan fingerprint density at radius 1 is 1.36 bits per heavy atom. The molecule has 0 unspecified atom stereocenters. The van der Waals surface area contributed by atoms with Gasteiger partial charge in [0.25, 0.3) is 0 Å². The number of fused-ring (bicyclic) bond motifs is 1. The number of hydrogen-bond acceptors (Lipinski definition) is 1. The molecule has 0 atom stereocenters. The van der Waals surface area contributed by atoms with Crippen molar-refractivity contribution in [3.05, 3.63) is 0 Å². The predicted molar refractivity (Wildman–Crippen MR) is 49.7 cm³/mol. The highest BCUT2D eigenvalue weighted by molar-refractivity contribution is 5.06. The molecule has 2 bridgehead atoms. The van der Waals surface area contributed by atoms with E-state index in [9.17, 15) is 0 Å². The fraction of sp³-hybridized carbons (Fsp3) is 1.00. The van der Waals surface area contributed by atoms with Gasteiger partial charge in [0, 0.05) is 12.1 Å². The molecular formula is C10H21N. The van der Waals surface area contributed by atoms with E-state index in [0.717, 1.165) is 5.92 Å². The Kier molecular flexibility index (Phi) is 2.58. The van der Waals surface area contributed by atoms with Crippen LogP contribution in [0, 0.1) is 5.92 Å². The molecule has 0 spiro atoms. The molecule has 0 N–H and O–H groups in total. The third-order valence-electron chi connectivity index (χ3n) is 3.08. The van der Waals surface area contributed by atoms with Gasteiger partial charge in [0.15, 0.2) is 0 Å². The first-order chi connectivity index (χ1) is 5.24. The Bertz CT molecular complexity index is 125. The highest BCUT2D eigenvalue weighted by atomic mass is 15.2. The summed E-state index contributed by atoms with van der Waals surface area (Å²) in [6.07, 6.45) is 2.95. The molecule has 66 valence electrons. The van der Waals surface area contributed by atoms with E-state index < -0.39 is 0 Å². The highest BCUT2D eigenvalue weighted by Crippen LogP contribution is 2.49. The first-order valence-electron chi connectivity index (χ1n) is 5.00. The van der Waals surface area contributed by atoms with Gasteiger partial charge in [-0.25, -0.2) is 0 Å². The normalized spacial score (nSPS) is 40.9. The van der Waals surface area contributed by atoms with Crippen LogP contribution < -0.4 is 0 Å². The molecule has 3 rings (SSSR count). The topological polar surface area (TPSA) is 3.24 Å². The van der Waals surface area contributed by atoms with E-state index in [4.69, 9.17) is 0 Å². The molecule has 0 amide bonds. The van der Waals surface area contributed by atoms with Gasteiger partial charge >= 0.3 is 0 Å². The molecule has 0 aromatic carbocycles. The second-order valence-electron chi connectivity index (χ2n) is 3.81. The summed E-state index contributed by atoms with van der Waals surface area (Å²) in [4.78, 5) is 2.62. The number of rotatable bonds is 1. The van der Waals surface area contributed by atoms with Gasteiger partial charge in [-0.2, -0.15) is 0 Å². The molecule has 2 aliphatic heterocycles. The quantitative estimate of drug-likeness (QED) is 0.562. The van der Waals surface area contributed by atoms with Crippen molar-refractivity contribution in [1.29, 1.82) is 0 Å². The van der Waals surface area contributed by atoms with Gasteiger partial charge in [-0.1, -0.05) is 20.8 Å². The van der Waals surface area contributed by atoms with Crippen molar-refractivity contribution in [1.82, 2.24) is 4.90 Å². The number of nitrogens with zero attached hydrogens (tertiary/aromatic N) is 1. The molecule has 3 fully saturated rings. The van der Waals surface area contributed by atoms with Gasteiger partial charge in [0.05, 0.1) is 0 Å². The molecule has 1 saturated carbocycles.